The largest absolute Gasteiger partial charge is 0.310 e. The van der Waals surface area contributed by atoms with Crippen LogP contribution in [-0.4, -0.2) is 4.57 Å². The topological polar surface area (TPSA) is 22.0 Å². The maximum absolute atomic E-state index is 11.8. The van der Waals surface area contributed by atoms with E-state index in [1.807, 2.05) is 59.0 Å². The van der Waals surface area contributed by atoms with Gasteiger partial charge in [0.25, 0.3) is 5.56 Å². The first-order valence-corrected chi connectivity index (χ1v) is 6.17. The van der Waals surface area contributed by atoms with Crippen molar-refractivity contribution >= 4 is 34.2 Å². The third kappa shape index (κ3) is 2.01. The minimum absolute atomic E-state index is 0.00183. The first-order valence-electron chi connectivity index (χ1n) is 4.71. The number of hydrogen-bond acceptors (Lipinski definition) is 1. The quantitative estimate of drug-likeness (QED) is 0.727. The fourth-order valence-corrected chi connectivity index (χ4v) is 2.32. The lowest BCUT2D eigenvalue weighted by Gasteiger charge is -2.09. The molecule has 0 aliphatic rings. The van der Waals surface area contributed by atoms with Crippen LogP contribution < -0.4 is 5.56 Å². The average molecular weight is 346 g/mol. The number of halogens is 2. The molecule has 82 valence electrons. The Kier molecular flexibility index (Phi) is 3.35. The van der Waals surface area contributed by atoms with Crippen LogP contribution >= 0.6 is 34.2 Å². The van der Waals surface area contributed by atoms with Crippen molar-refractivity contribution in [3.05, 3.63) is 55.3 Å². The molecule has 0 unspecified atom stereocenters. The number of rotatable bonds is 1. The summed E-state index contributed by atoms with van der Waals surface area (Å²) in [4.78, 5) is 11.8. The molecule has 0 aliphatic carbocycles. The van der Waals surface area contributed by atoms with Crippen molar-refractivity contribution in [1.29, 1.82) is 0 Å². The number of pyridine rings is 1. The van der Waals surface area contributed by atoms with E-state index in [9.17, 15) is 4.79 Å². The minimum atomic E-state index is -0.00183. The van der Waals surface area contributed by atoms with E-state index in [4.69, 9.17) is 11.6 Å². The molecular formula is C12H9ClINO. The molecule has 4 heteroatoms. The summed E-state index contributed by atoms with van der Waals surface area (Å²) in [6.07, 6.45) is 0. The van der Waals surface area contributed by atoms with Crippen LogP contribution in [-0.2, 0) is 7.05 Å². The van der Waals surface area contributed by atoms with E-state index in [1.54, 1.807) is 11.6 Å². The maximum Gasteiger partial charge on any atom is 0.264 e. The van der Waals surface area contributed by atoms with Gasteiger partial charge in [-0.1, -0.05) is 29.8 Å². The van der Waals surface area contributed by atoms with Gasteiger partial charge in [-0.25, -0.2) is 0 Å². The molecule has 0 amide bonds. The summed E-state index contributed by atoms with van der Waals surface area (Å²) >= 11 is 8.13. The molecule has 2 aromatic rings. The van der Waals surface area contributed by atoms with Crippen LogP contribution in [0.2, 0.25) is 5.02 Å². The van der Waals surface area contributed by atoms with Gasteiger partial charge in [-0.05, 0) is 40.8 Å². The summed E-state index contributed by atoms with van der Waals surface area (Å²) in [6.45, 7) is 0. The van der Waals surface area contributed by atoms with E-state index < -0.39 is 0 Å². The van der Waals surface area contributed by atoms with Crippen LogP contribution in [0.15, 0.2) is 41.2 Å². The van der Waals surface area contributed by atoms with Crippen molar-refractivity contribution in [3.63, 3.8) is 0 Å². The Morgan fingerprint density at radius 2 is 1.88 bits per heavy atom. The predicted octanol–water partition coefficient (Wildman–Crippen LogP) is 3.31. The number of hydrogen-bond donors (Lipinski definition) is 0. The lowest BCUT2D eigenvalue weighted by atomic mass is 10.1. The van der Waals surface area contributed by atoms with Gasteiger partial charge in [-0.3, -0.25) is 4.79 Å². The molecule has 1 aromatic heterocycles. The summed E-state index contributed by atoms with van der Waals surface area (Å²) < 4.78 is 2.32. The van der Waals surface area contributed by atoms with Gasteiger partial charge in [0.15, 0.2) is 0 Å². The highest BCUT2D eigenvalue weighted by Gasteiger charge is 2.08. The normalized spacial score (nSPS) is 10.4. The van der Waals surface area contributed by atoms with Crippen molar-refractivity contribution in [1.82, 2.24) is 4.57 Å². The molecule has 1 heterocycles. The Balaban J connectivity index is 2.71. The summed E-state index contributed by atoms with van der Waals surface area (Å²) in [5.41, 5.74) is 1.70. The Morgan fingerprint density at radius 1 is 1.19 bits per heavy atom. The Bertz CT molecular complexity index is 592. The highest BCUT2D eigenvalue weighted by molar-refractivity contribution is 14.1. The zero-order valence-electron chi connectivity index (χ0n) is 8.58. The second-order valence-electron chi connectivity index (χ2n) is 3.41. The Labute approximate surface area is 112 Å². The van der Waals surface area contributed by atoms with E-state index in [1.165, 1.54) is 0 Å². The van der Waals surface area contributed by atoms with Gasteiger partial charge < -0.3 is 4.57 Å². The van der Waals surface area contributed by atoms with Crippen LogP contribution in [0.5, 0.6) is 0 Å². The van der Waals surface area contributed by atoms with Crippen molar-refractivity contribution < 1.29 is 0 Å². The molecular weight excluding hydrogens is 336 g/mol. The molecule has 0 saturated heterocycles. The van der Waals surface area contributed by atoms with Gasteiger partial charge in [-0.15, -0.1) is 0 Å². The van der Waals surface area contributed by atoms with E-state index >= 15 is 0 Å². The molecule has 0 bridgehead atoms. The molecule has 1 aromatic carbocycles. The minimum Gasteiger partial charge on any atom is -0.310 e. The Morgan fingerprint density at radius 3 is 2.56 bits per heavy atom. The molecule has 0 spiro atoms. The predicted molar refractivity (Wildman–Crippen MR) is 74.8 cm³/mol. The molecule has 0 fully saturated rings. The highest BCUT2D eigenvalue weighted by atomic mass is 127. The lowest BCUT2D eigenvalue weighted by Crippen LogP contribution is -2.20. The van der Waals surface area contributed by atoms with E-state index in [0.29, 0.717) is 8.59 Å². The van der Waals surface area contributed by atoms with Crippen LogP contribution in [0.4, 0.5) is 0 Å². The monoisotopic (exact) mass is 345 g/mol. The first kappa shape index (κ1) is 11.7. The molecule has 16 heavy (non-hydrogen) atoms. The summed E-state index contributed by atoms with van der Waals surface area (Å²) in [6, 6.07) is 11.2. The van der Waals surface area contributed by atoms with Gasteiger partial charge in [0.1, 0.15) is 0 Å². The molecule has 2 nitrogen and oxygen atoms in total. The molecule has 0 saturated carbocycles. The van der Waals surface area contributed by atoms with Crippen molar-refractivity contribution in [2.45, 2.75) is 0 Å². The van der Waals surface area contributed by atoms with Crippen LogP contribution in [0.3, 0.4) is 0 Å². The number of aromatic nitrogens is 1. The second kappa shape index (κ2) is 4.59. The zero-order valence-corrected chi connectivity index (χ0v) is 11.5. The van der Waals surface area contributed by atoms with Gasteiger partial charge in [0.05, 0.1) is 9.26 Å². The first-order chi connectivity index (χ1) is 7.61. The average Bonchev–Trinajstić information content (AvgIpc) is 2.28. The molecule has 0 N–H and O–H groups in total. The molecule has 0 radical (unpaired) electrons. The van der Waals surface area contributed by atoms with Crippen LogP contribution in [0, 0.1) is 3.57 Å². The van der Waals surface area contributed by atoms with Crippen molar-refractivity contribution in [2.24, 2.45) is 7.05 Å². The van der Waals surface area contributed by atoms with Gasteiger partial charge in [0.2, 0.25) is 0 Å². The Hall–Kier alpha value is -0.810. The van der Waals surface area contributed by atoms with Gasteiger partial charge in [0, 0.05) is 17.6 Å². The number of nitrogens with zero attached hydrogens (tertiary/aromatic N) is 1. The van der Waals surface area contributed by atoms with E-state index in [0.717, 1.165) is 11.3 Å². The molecule has 0 aliphatic heterocycles. The van der Waals surface area contributed by atoms with Crippen LogP contribution in [0.1, 0.15) is 0 Å². The van der Waals surface area contributed by atoms with Crippen molar-refractivity contribution in [2.75, 3.05) is 0 Å². The molecule has 0 atom stereocenters. The molecule has 2 rings (SSSR count). The third-order valence-corrected chi connectivity index (χ3v) is 3.56. The summed E-state index contributed by atoms with van der Waals surface area (Å²) in [7, 11) is 1.75. The standard InChI is InChI=1S/C12H9ClINO/c1-15-11(7-6-10(14)12(15)16)8-4-2-3-5-9(8)13/h2-7H,1H3. The fourth-order valence-electron chi connectivity index (χ4n) is 1.54. The van der Waals surface area contributed by atoms with Crippen molar-refractivity contribution in [3.8, 4) is 11.3 Å². The summed E-state index contributed by atoms with van der Waals surface area (Å²) in [5, 5.41) is 0.652. The third-order valence-electron chi connectivity index (χ3n) is 2.41. The maximum atomic E-state index is 11.8. The van der Waals surface area contributed by atoms with Gasteiger partial charge >= 0.3 is 0 Å². The zero-order chi connectivity index (χ0) is 11.7. The lowest BCUT2D eigenvalue weighted by molar-refractivity contribution is 0.863. The number of benzene rings is 1. The fraction of sp³-hybridized carbons (Fsp3) is 0.0833. The van der Waals surface area contributed by atoms with E-state index in [-0.39, 0.29) is 5.56 Å². The van der Waals surface area contributed by atoms with Gasteiger partial charge in [-0.2, -0.15) is 0 Å². The SMILES string of the molecule is Cn1c(-c2ccccc2Cl)ccc(I)c1=O. The summed E-state index contributed by atoms with van der Waals surface area (Å²) in [5.74, 6) is 0. The van der Waals surface area contributed by atoms with E-state index in [2.05, 4.69) is 0 Å². The second-order valence-corrected chi connectivity index (χ2v) is 4.98. The highest BCUT2D eigenvalue weighted by Crippen LogP contribution is 2.26. The smallest absolute Gasteiger partial charge is 0.264 e. The van der Waals surface area contributed by atoms with Crippen LogP contribution in [0.25, 0.3) is 11.3 Å².